The monoisotopic (exact) mass is 414 g/mol. The molecule has 29 heavy (non-hydrogen) atoms. The van der Waals surface area contributed by atoms with E-state index in [2.05, 4.69) is 14.7 Å². The van der Waals surface area contributed by atoms with Crippen molar-refractivity contribution in [2.45, 2.75) is 4.90 Å². The molecule has 10 nitrogen and oxygen atoms in total. The Kier molecular flexibility index (Phi) is 4.43. The zero-order valence-corrected chi connectivity index (χ0v) is 15.8. The second-order valence-corrected chi connectivity index (χ2v) is 7.68. The number of rotatable bonds is 6. The fourth-order valence-corrected chi connectivity index (χ4v) is 3.78. The number of aromatic amines is 1. The van der Waals surface area contributed by atoms with E-state index in [4.69, 9.17) is 9.15 Å². The Hall–Kier alpha value is -3.86. The molecule has 0 saturated heterocycles. The average molecular weight is 414 g/mol. The van der Waals surface area contributed by atoms with Gasteiger partial charge in [-0.2, -0.15) is 0 Å². The van der Waals surface area contributed by atoms with Crippen molar-refractivity contribution in [2.24, 2.45) is 0 Å². The first kappa shape index (κ1) is 18.5. The van der Waals surface area contributed by atoms with Gasteiger partial charge in [-0.3, -0.25) is 14.8 Å². The summed E-state index contributed by atoms with van der Waals surface area (Å²) in [5.41, 5.74) is 1.32. The number of anilines is 1. The lowest BCUT2D eigenvalue weighted by Gasteiger charge is -2.08. The highest BCUT2D eigenvalue weighted by atomic mass is 32.2. The molecular formula is C18H14N4O6S. The Morgan fingerprint density at radius 2 is 1.90 bits per heavy atom. The van der Waals surface area contributed by atoms with Gasteiger partial charge in [-0.05, 0) is 48.5 Å². The Balaban J connectivity index is 1.64. The van der Waals surface area contributed by atoms with E-state index in [1.165, 1.54) is 37.4 Å². The standard InChI is InChI=1S/C18H14N4O6S/c1-27-12-4-2-11(3-5-12)21-29(25,26)13-6-7-14-15(10-13)20-18(19-14)16-8-9-17(28-16)22(23)24/h2-10,21H,1H3,(H,19,20). The van der Waals surface area contributed by atoms with Crippen molar-refractivity contribution in [1.29, 1.82) is 0 Å². The molecule has 0 radical (unpaired) electrons. The topological polar surface area (TPSA) is 140 Å². The van der Waals surface area contributed by atoms with Crippen molar-refractivity contribution in [3.8, 4) is 17.3 Å². The molecule has 0 bridgehead atoms. The van der Waals surface area contributed by atoms with E-state index < -0.39 is 20.8 Å². The van der Waals surface area contributed by atoms with Crippen molar-refractivity contribution >= 4 is 32.6 Å². The van der Waals surface area contributed by atoms with Gasteiger partial charge in [0, 0.05) is 5.69 Å². The number of aromatic nitrogens is 2. The van der Waals surface area contributed by atoms with Crippen LogP contribution in [0, 0.1) is 10.1 Å². The maximum absolute atomic E-state index is 12.7. The average Bonchev–Trinajstić information content (AvgIpc) is 3.34. The van der Waals surface area contributed by atoms with Crippen LogP contribution in [0.3, 0.4) is 0 Å². The molecule has 11 heteroatoms. The first-order valence-electron chi connectivity index (χ1n) is 8.27. The SMILES string of the molecule is COc1ccc(NS(=O)(=O)c2ccc3nc(-c4ccc([N+](=O)[O-])o4)[nH]c3c2)cc1. The van der Waals surface area contributed by atoms with Gasteiger partial charge < -0.3 is 14.1 Å². The number of nitro groups is 1. The van der Waals surface area contributed by atoms with Crippen LogP contribution in [0.5, 0.6) is 5.75 Å². The van der Waals surface area contributed by atoms with E-state index >= 15 is 0 Å². The van der Waals surface area contributed by atoms with Crippen molar-refractivity contribution in [3.05, 3.63) is 64.7 Å². The molecule has 4 rings (SSSR count). The molecule has 0 aliphatic heterocycles. The number of fused-ring (bicyclic) bond motifs is 1. The van der Waals surface area contributed by atoms with E-state index in [-0.39, 0.29) is 16.5 Å². The van der Waals surface area contributed by atoms with E-state index in [9.17, 15) is 18.5 Å². The molecule has 0 fully saturated rings. The highest BCUT2D eigenvalue weighted by Gasteiger charge is 2.18. The van der Waals surface area contributed by atoms with Crippen LogP contribution < -0.4 is 9.46 Å². The van der Waals surface area contributed by atoms with Gasteiger partial charge in [0.15, 0.2) is 11.6 Å². The summed E-state index contributed by atoms with van der Waals surface area (Å²) >= 11 is 0. The number of sulfonamides is 1. The van der Waals surface area contributed by atoms with Crippen molar-refractivity contribution in [1.82, 2.24) is 9.97 Å². The second-order valence-electron chi connectivity index (χ2n) is 5.99. The van der Waals surface area contributed by atoms with Crippen LogP contribution in [0.2, 0.25) is 0 Å². The fourth-order valence-electron chi connectivity index (χ4n) is 2.70. The minimum Gasteiger partial charge on any atom is -0.497 e. The molecule has 0 aliphatic rings. The molecular weight excluding hydrogens is 400 g/mol. The van der Waals surface area contributed by atoms with Crippen LogP contribution in [0.25, 0.3) is 22.6 Å². The molecule has 0 amide bonds. The van der Waals surface area contributed by atoms with Crippen LogP contribution in [-0.4, -0.2) is 30.4 Å². The molecule has 4 aromatic rings. The summed E-state index contributed by atoms with van der Waals surface area (Å²) in [4.78, 5) is 17.3. The Morgan fingerprint density at radius 3 is 2.55 bits per heavy atom. The van der Waals surface area contributed by atoms with Gasteiger partial charge in [0.2, 0.25) is 0 Å². The summed E-state index contributed by atoms with van der Waals surface area (Å²) < 4.78 is 38.0. The molecule has 2 aromatic carbocycles. The third-order valence-electron chi connectivity index (χ3n) is 4.11. The molecule has 0 saturated carbocycles. The molecule has 2 heterocycles. The van der Waals surface area contributed by atoms with E-state index in [0.29, 0.717) is 22.5 Å². The molecule has 0 spiro atoms. The van der Waals surface area contributed by atoms with Gasteiger partial charge in [0.05, 0.1) is 29.1 Å². The summed E-state index contributed by atoms with van der Waals surface area (Å²) in [6.07, 6.45) is 0. The highest BCUT2D eigenvalue weighted by Crippen LogP contribution is 2.27. The van der Waals surface area contributed by atoms with Crippen LogP contribution in [0.4, 0.5) is 11.6 Å². The van der Waals surface area contributed by atoms with E-state index in [1.54, 1.807) is 24.3 Å². The number of hydrogen-bond donors (Lipinski definition) is 2. The molecule has 2 N–H and O–H groups in total. The summed E-state index contributed by atoms with van der Waals surface area (Å²) in [7, 11) is -2.32. The van der Waals surface area contributed by atoms with Gasteiger partial charge in [-0.25, -0.2) is 13.4 Å². The molecule has 0 aliphatic carbocycles. The molecule has 2 aromatic heterocycles. The first-order valence-corrected chi connectivity index (χ1v) is 9.75. The quantitative estimate of drug-likeness (QED) is 0.363. The second kappa shape index (κ2) is 6.95. The van der Waals surface area contributed by atoms with Crippen molar-refractivity contribution < 1.29 is 22.5 Å². The predicted molar refractivity (Wildman–Crippen MR) is 104 cm³/mol. The lowest BCUT2D eigenvalue weighted by Crippen LogP contribution is -2.12. The number of furan rings is 1. The summed E-state index contributed by atoms with van der Waals surface area (Å²) in [5, 5.41) is 10.8. The largest absolute Gasteiger partial charge is 0.497 e. The van der Waals surface area contributed by atoms with Gasteiger partial charge in [0.25, 0.3) is 10.0 Å². The zero-order chi connectivity index (χ0) is 20.6. The number of H-pyrrole nitrogens is 1. The van der Waals surface area contributed by atoms with E-state index in [1.807, 2.05) is 0 Å². The Morgan fingerprint density at radius 1 is 1.14 bits per heavy atom. The number of hydrogen-bond acceptors (Lipinski definition) is 7. The fraction of sp³-hybridized carbons (Fsp3) is 0.0556. The minimum atomic E-state index is -3.84. The van der Waals surface area contributed by atoms with Gasteiger partial charge in [0.1, 0.15) is 10.7 Å². The molecule has 148 valence electrons. The smallest absolute Gasteiger partial charge is 0.433 e. The predicted octanol–water partition coefficient (Wildman–Crippen LogP) is 3.54. The van der Waals surface area contributed by atoms with Crippen molar-refractivity contribution in [3.63, 3.8) is 0 Å². The van der Waals surface area contributed by atoms with Crippen LogP contribution in [-0.2, 0) is 10.0 Å². The number of imidazole rings is 1. The van der Waals surface area contributed by atoms with Crippen molar-refractivity contribution in [2.75, 3.05) is 11.8 Å². The van der Waals surface area contributed by atoms with Gasteiger partial charge in [-0.1, -0.05) is 0 Å². The number of nitrogens with zero attached hydrogens (tertiary/aromatic N) is 2. The number of nitrogens with one attached hydrogen (secondary N) is 2. The number of benzene rings is 2. The first-order chi connectivity index (χ1) is 13.9. The summed E-state index contributed by atoms with van der Waals surface area (Å²) in [6, 6.07) is 13.5. The maximum Gasteiger partial charge on any atom is 0.433 e. The third kappa shape index (κ3) is 3.62. The molecule has 0 atom stereocenters. The van der Waals surface area contributed by atoms with Crippen LogP contribution in [0.1, 0.15) is 0 Å². The summed E-state index contributed by atoms with van der Waals surface area (Å²) in [5.74, 6) is 0.629. The highest BCUT2D eigenvalue weighted by molar-refractivity contribution is 7.92. The zero-order valence-electron chi connectivity index (χ0n) is 14.9. The van der Waals surface area contributed by atoms with Gasteiger partial charge in [-0.15, -0.1) is 0 Å². The molecule has 0 unspecified atom stereocenters. The normalized spacial score (nSPS) is 11.5. The Labute approximate surface area is 164 Å². The van der Waals surface area contributed by atoms with Crippen LogP contribution in [0.15, 0.2) is 63.9 Å². The lowest BCUT2D eigenvalue weighted by atomic mass is 10.3. The summed E-state index contributed by atoms with van der Waals surface area (Å²) in [6.45, 7) is 0. The van der Waals surface area contributed by atoms with E-state index in [0.717, 1.165) is 0 Å². The lowest BCUT2D eigenvalue weighted by molar-refractivity contribution is -0.401. The van der Waals surface area contributed by atoms with Crippen LogP contribution >= 0.6 is 0 Å². The van der Waals surface area contributed by atoms with Gasteiger partial charge >= 0.3 is 5.88 Å². The third-order valence-corrected chi connectivity index (χ3v) is 5.49. The maximum atomic E-state index is 12.7. The number of ether oxygens (including phenoxy) is 1. The Bertz CT molecular complexity index is 1310. The minimum absolute atomic E-state index is 0.0291. The number of methoxy groups -OCH3 is 1.